The highest BCUT2D eigenvalue weighted by Crippen LogP contribution is 2.20. The van der Waals surface area contributed by atoms with Crippen LogP contribution in [-0.4, -0.2) is 12.6 Å². The smallest absolute Gasteiger partial charge is 0.312 e. The number of rotatable bonds is 17. The number of carbonyl (C=O) groups is 1. The molecule has 0 N–H and O–H groups in total. The number of hydrogen-bond acceptors (Lipinski definition) is 2. The van der Waals surface area contributed by atoms with Crippen LogP contribution in [0.3, 0.4) is 0 Å². The van der Waals surface area contributed by atoms with Crippen molar-refractivity contribution in [3.63, 3.8) is 0 Å². The molecule has 136 valence electrons. The molecule has 1 fully saturated rings. The predicted octanol–water partition coefficient (Wildman–Crippen LogP) is 6.81. The van der Waals surface area contributed by atoms with Gasteiger partial charge in [0.15, 0.2) is 0 Å². The average Bonchev–Trinajstić information content (AvgIpc) is 2.56. The number of unbranched alkanes of at least 4 members (excludes halogenated alkanes) is 15. The summed E-state index contributed by atoms with van der Waals surface area (Å²) < 4.78 is 4.78. The molecule has 0 aliphatic carbocycles. The van der Waals surface area contributed by atoms with Gasteiger partial charge in [0.25, 0.3) is 0 Å². The van der Waals surface area contributed by atoms with Gasteiger partial charge in [-0.15, -0.1) is 0 Å². The molecule has 2 heteroatoms. The molecule has 0 aromatic rings. The highest BCUT2D eigenvalue weighted by atomic mass is 16.6. The van der Waals surface area contributed by atoms with E-state index >= 15 is 0 Å². The van der Waals surface area contributed by atoms with Crippen LogP contribution in [0.1, 0.15) is 116 Å². The molecular formula is C21H40O2. The molecule has 0 bridgehead atoms. The summed E-state index contributed by atoms with van der Waals surface area (Å²) in [6.07, 6.45) is 23.5. The third-order valence-corrected chi connectivity index (χ3v) is 5.17. The monoisotopic (exact) mass is 324 g/mol. The second-order valence-corrected chi connectivity index (χ2v) is 7.42. The third-order valence-electron chi connectivity index (χ3n) is 5.17. The van der Waals surface area contributed by atoms with Gasteiger partial charge in [-0.3, -0.25) is 4.79 Å². The molecule has 0 aromatic carbocycles. The summed E-state index contributed by atoms with van der Waals surface area (Å²) in [7, 11) is 0. The van der Waals surface area contributed by atoms with Gasteiger partial charge in [0, 0.05) is 0 Å². The molecule has 0 radical (unpaired) electrons. The Bertz CT molecular complexity index is 275. The van der Waals surface area contributed by atoms with Gasteiger partial charge in [0.2, 0.25) is 0 Å². The molecule has 0 amide bonds. The first-order chi connectivity index (χ1) is 11.3. The Morgan fingerprint density at radius 1 is 0.696 bits per heavy atom. The van der Waals surface area contributed by atoms with Crippen molar-refractivity contribution in [3.8, 4) is 0 Å². The fraction of sp³-hybridized carbons (Fsp3) is 0.952. The van der Waals surface area contributed by atoms with Gasteiger partial charge in [0.1, 0.15) is 6.61 Å². The van der Waals surface area contributed by atoms with E-state index < -0.39 is 0 Å². The maximum absolute atomic E-state index is 11.0. The van der Waals surface area contributed by atoms with Crippen LogP contribution in [-0.2, 0) is 9.53 Å². The molecule has 1 unspecified atom stereocenters. The van der Waals surface area contributed by atoms with Crippen molar-refractivity contribution >= 4 is 5.97 Å². The number of carbonyl (C=O) groups excluding carboxylic acids is 1. The molecular weight excluding hydrogens is 284 g/mol. The predicted molar refractivity (Wildman–Crippen MR) is 98.6 cm³/mol. The van der Waals surface area contributed by atoms with Crippen molar-refractivity contribution in [2.45, 2.75) is 116 Å². The summed E-state index contributed by atoms with van der Waals surface area (Å²) in [5, 5.41) is 0. The first-order valence-corrected chi connectivity index (χ1v) is 10.5. The molecule has 0 spiro atoms. The SMILES string of the molecule is CCCCCCCCCCCCCCCCCCC1COC1=O. The topological polar surface area (TPSA) is 26.3 Å². The average molecular weight is 325 g/mol. The lowest BCUT2D eigenvalue weighted by molar-refractivity contribution is -0.169. The van der Waals surface area contributed by atoms with Crippen molar-refractivity contribution in [3.05, 3.63) is 0 Å². The molecule has 1 aliphatic heterocycles. The van der Waals surface area contributed by atoms with Crippen LogP contribution in [0.25, 0.3) is 0 Å². The highest BCUT2D eigenvalue weighted by molar-refractivity contribution is 5.77. The second kappa shape index (κ2) is 15.0. The van der Waals surface area contributed by atoms with Crippen molar-refractivity contribution in [2.24, 2.45) is 5.92 Å². The minimum absolute atomic E-state index is 0.0333. The molecule has 1 aliphatic rings. The van der Waals surface area contributed by atoms with E-state index in [2.05, 4.69) is 6.92 Å². The lowest BCUT2D eigenvalue weighted by Crippen LogP contribution is -2.34. The maximum Gasteiger partial charge on any atom is 0.312 e. The normalized spacial score (nSPS) is 17.1. The van der Waals surface area contributed by atoms with Crippen LogP contribution in [0.2, 0.25) is 0 Å². The van der Waals surface area contributed by atoms with E-state index in [0.29, 0.717) is 6.61 Å². The zero-order valence-corrected chi connectivity index (χ0v) is 15.6. The molecule has 0 saturated carbocycles. The van der Waals surface area contributed by atoms with E-state index in [1.807, 2.05) is 0 Å². The van der Waals surface area contributed by atoms with Crippen molar-refractivity contribution in [1.29, 1.82) is 0 Å². The van der Waals surface area contributed by atoms with Gasteiger partial charge >= 0.3 is 5.97 Å². The fourth-order valence-corrected chi connectivity index (χ4v) is 3.41. The molecule has 1 heterocycles. The fourth-order valence-electron chi connectivity index (χ4n) is 3.41. The van der Waals surface area contributed by atoms with Crippen LogP contribution in [0, 0.1) is 5.92 Å². The lowest BCUT2D eigenvalue weighted by atomic mass is 9.98. The van der Waals surface area contributed by atoms with E-state index in [1.54, 1.807) is 0 Å². The number of ether oxygens (including phenoxy) is 1. The summed E-state index contributed by atoms with van der Waals surface area (Å²) >= 11 is 0. The summed E-state index contributed by atoms with van der Waals surface area (Å²) in [6, 6.07) is 0. The quantitative estimate of drug-likeness (QED) is 0.217. The Kier molecular flexibility index (Phi) is 13.4. The van der Waals surface area contributed by atoms with Gasteiger partial charge in [-0.25, -0.2) is 0 Å². The van der Waals surface area contributed by atoms with E-state index in [1.165, 1.54) is 103 Å². The first kappa shape index (κ1) is 20.5. The molecule has 1 rings (SSSR count). The Morgan fingerprint density at radius 2 is 1.09 bits per heavy atom. The first-order valence-electron chi connectivity index (χ1n) is 10.5. The standard InChI is InChI=1S/C21H40O2/c1-2-3-4-5-6-7-8-9-10-11-12-13-14-15-16-17-18-20-19-23-21(20)22/h20H,2-19H2,1H3. The minimum atomic E-state index is 0.0333. The van der Waals surface area contributed by atoms with E-state index in [9.17, 15) is 4.79 Å². The lowest BCUT2D eigenvalue weighted by Gasteiger charge is -2.24. The summed E-state index contributed by atoms with van der Waals surface area (Å²) in [6.45, 7) is 2.96. The van der Waals surface area contributed by atoms with Gasteiger partial charge in [-0.05, 0) is 6.42 Å². The van der Waals surface area contributed by atoms with Crippen LogP contribution in [0.4, 0.5) is 0 Å². The molecule has 1 saturated heterocycles. The highest BCUT2D eigenvalue weighted by Gasteiger charge is 2.29. The summed E-state index contributed by atoms with van der Waals surface area (Å²) in [4.78, 5) is 11.0. The molecule has 1 atom stereocenters. The minimum Gasteiger partial charge on any atom is -0.464 e. The van der Waals surface area contributed by atoms with Crippen molar-refractivity contribution in [1.82, 2.24) is 0 Å². The van der Waals surface area contributed by atoms with Gasteiger partial charge < -0.3 is 4.74 Å². The van der Waals surface area contributed by atoms with Crippen molar-refractivity contribution < 1.29 is 9.53 Å². The third kappa shape index (κ3) is 11.6. The van der Waals surface area contributed by atoms with Crippen LogP contribution in [0.5, 0.6) is 0 Å². The van der Waals surface area contributed by atoms with Crippen LogP contribution in [0.15, 0.2) is 0 Å². The Labute approximate surface area is 144 Å². The molecule has 2 nitrogen and oxygen atoms in total. The molecule has 23 heavy (non-hydrogen) atoms. The Balaban J connectivity index is 1.65. The number of esters is 1. The zero-order chi connectivity index (χ0) is 16.6. The Hall–Kier alpha value is -0.530. The van der Waals surface area contributed by atoms with Gasteiger partial charge in [-0.1, -0.05) is 110 Å². The maximum atomic E-state index is 11.0. The second-order valence-electron chi connectivity index (χ2n) is 7.42. The van der Waals surface area contributed by atoms with E-state index in [0.717, 1.165) is 6.42 Å². The largest absolute Gasteiger partial charge is 0.464 e. The number of cyclic esters (lactones) is 1. The number of hydrogen-bond donors (Lipinski definition) is 0. The zero-order valence-electron chi connectivity index (χ0n) is 15.6. The summed E-state index contributed by atoms with van der Waals surface area (Å²) in [5.41, 5.74) is 0. The van der Waals surface area contributed by atoms with Gasteiger partial charge in [-0.2, -0.15) is 0 Å². The van der Waals surface area contributed by atoms with E-state index in [-0.39, 0.29) is 11.9 Å². The van der Waals surface area contributed by atoms with Crippen molar-refractivity contribution in [2.75, 3.05) is 6.61 Å². The Morgan fingerprint density at radius 3 is 1.39 bits per heavy atom. The van der Waals surface area contributed by atoms with E-state index in [4.69, 9.17) is 4.74 Å². The summed E-state index contributed by atoms with van der Waals surface area (Å²) in [5.74, 6) is 0.271. The van der Waals surface area contributed by atoms with Crippen LogP contribution < -0.4 is 0 Å². The molecule has 0 aromatic heterocycles. The van der Waals surface area contributed by atoms with Gasteiger partial charge in [0.05, 0.1) is 5.92 Å². The van der Waals surface area contributed by atoms with Crippen LogP contribution >= 0.6 is 0 Å².